The fourth-order valence-electron chi connectivity index (χ4n) is 2.16. The number of benzene rings is 2. The Labute approximate surface area is 173 Å². The number of amides is 3. The van der Waals surface area contributed by atoms with E-state index >= 15 is 0 Å². The van der Waals surface area contributed by atoms with Crippen molar-refractivity contribution in [2.45, 2.75) is 13.8 Å². The quantitative estimate of drug-likeness (QED) is 0.365. The standard InChI is InChI=1S/C20H21ClN4O4/c1-3-22-19(27)20(28)25-23-11-14-5-4-6-16(9-14)29-12-18(26)24-15-8-7-13(2)17(21)10-15/h4-11H,3,12H2,1-2H3,(H,22,27)(H,24,26)(H,25,28)/b23-11-. The van der Waals surface area contributed by atoms with Gasteiger partial charge in [0.25, 0.3) is 5.91 Å². The molecule has 0 unspecified atom stereocenters. The number of rotatable bonds is 7. The maximum absolute atomic E-state index is 12.0. The molecule has 2 aromatic carbocycles. The molecule has 0 saturated carbocycles. The Morgan fingerprint density at radius 3 is 2.66 bits per heavy atom. The minimum Gasteiger partial charge on any atom is -0.484 e. The number of aryl methyl sites for hydroxylation is 1. The number of ether oxygens (including phenoxy) is 1. The normalized spacial score (nSPS) is 10.4. The van der Waals surface area contributed by atoms with Gasteiger partial charge < -0.3 is 15.4 Å². The molecule has 0 aliphatic rings. The molecule has 2 aromatic rings. The molecule has 0 bridgehead atoms. The molecule has 0 saturated heterocycles. The first kappa shape index (κ1) is 21.9. The molecule has 0 aromatic heterocycles. The third-order valence-corrected chi connectivity index (χ3v) is 4.01. The van der Waals surface area contributed by atoms with Crippen molar-refractivity contribution < 1.29 is 19.1 Å². The molecule has 8 nitrogen and oxygen atoms in total. The van der Waals surface area contributed by atoms with Crippen molar-refractivity contribution in [3.63, 3.8) is 0 Å². The van der Waals surface area contributed by atoms with Crippen LogP contribution in [0.5, 0.6) is 5.75 Å². The number of hydrogen-bond donors (Lipinski definition) is 3. The number of anilines is 1. The van der Waals surface area contributed by atoms with Gasteiger partial charge in [-0.3, -0.25) is 14.4 Å². The summed E-state index contributed by atoms with van der Waals surface area (Å²) in [6.07, 6.45) is 1.36. The lowest BCUT2D eigenvalue weighted by Crippen LogP contribution is -2.37. The number of likely N-dealkylation sites (N-methyl/N-ethyl adjacent to an activating group) is 1. The van der Waals surface area contributed by atoms with E-state index in [2.05, 4.69) is 21.2 Å². The fourth-order valence-corrected chi connectivity index (χ4v) is 2.34. The molecular weight excluding hydrogens is 396 g/mol. The van der Waals surface area contributed by atoms with Crippen molar-refractivity contribution >= 4 is 41.2 Å². The topological polar surface area (TPSA) is 109 Å². The van der Waals surface area contributed by atoms with Crippen LogP contribution in [0.2, 0.25) is 5.02 Å². The maximum atomic E-state index is 12.0. The Morgan fingerprint density at radius 2 is 1.93 bits per heavy atom. The number of hydrazone groups is 1. The number of nitrogens with one attached hydrogen (secondary N) is 3. The lowest BCUT2D eigenvalue weighted by Gasteiger charge is -2.09. The highest BCUT2D eigenvalue weighted by molar-refractivity contribution is 6.35. The summed E-state index contributed by atoms with van der Waals surface area (Å²) in [5.74, 6) is -1.51. The molecule has 0 spiro atoms. The van der Waals surface area contributed by atoms with Gasteiger partial charge >= 0.3 is 11.8 Å². The zero-order valence-corrected chi connectivity index (χ0v) is 16.7. The highest BCUT2D eigenvalue weighted by atomic mass is 35.5. The Balaban J connectivity index is 1.86. The van der Waals surface area contributed by atoms with Crippen LogP contribution in [-0.2, 0) is 14.4 Å². The van der Waals surface area contributed by atoms with Crippen LogP contribution in [-0.4, -0.2) is 37.1 Å². The van der Waals surface area contributed by atoms with Gasteiger partial charge in [-0.25, -0.2) is 5.43 Å². The minimum absolute atomic E-state index is 0.194. The lowest BCUT2D eigenvalue weighted by molar-refractivity contribution is -0.139. The summed E-state index contributed by atoms with van der Waals surface area (Å²) in [7, 11) is 0. The first-order valence-electron chi connectivity index (χ1n) is 8.79. The van der Waals surface area contributed by atoms with Crippen molar-refractivity contribution in [2.75, 3.05) is 18.5 Å². The summed E-state index contributed by atoms with van der Waals surface area (Å²) in [5, 5.41) is 9.35. The molecule has 3 N–H and O–H groups in total. The molecule has 2 rings (SSSR count). The van der Waals surface area contributed by atoms with E-state index in [9.17, 15) is 14.4 Å². The Bertz CT molecular complexity index is 930. The van der Waals surface area contributed by atoms with E-state index in [1.807, 2.05) is 13.0 Å². The number of hydrogen-bond acceptors (Lipinski definition) is 5. The predicted octanol–water partition coefficient (Wildman–Crippen LogP) is 2.25. The highest BCUT2D eigenvalue weighted by Crippen LogP contribution is 2.20. The monoisotopic (exact) mass is 416 g/mol. The van der Waals surface area contributed by atoms with Crippen LogP contribution < -0.4 is 20.8 Å². The van der Waals surface area contributed by atoms with E-state index in [-0.39, 0.29) is 12.5 Å². The van der Waals surface area contributed by atoms with E-state index in [0.717, 1.165) is 5.56 Å². The number of carbonyl (C=O) groups is 3. The molecule has 152 valence electrons. The van der Waals surface area contributed by atoms with Gasteiger partial charge in [0, 0.05) is 17.3 Å². The van der Waals surface area contributed by atoms with Crippen molar-refractivity contribution in [3.8, 4) is 5.75 Å². The van der Waals surface area contributed by atoms with Crippen LogP contribution in [0, 0.1) is 6.92 Å². The minimum atomic E-state index is -0.858. The van der Waals surface area contributed by atoms with Gasteiger partial charge in [0.05, 0.1) is 6.21 Å². The molecule has 0 radical (unpaired) electrons. The summed E-state index contributed by atoms with van der Waals surface area (Å²) in [6.45, 7) is 3.73. The third-order valence-electron chi connectivity index (χ3n) is 3.61. The molecule has 9 heteroatoms. The summed E-state index contributed by atoms with van der Waals surface area (Å²) in [6, 6.07) is 12.0. The Hall–Kier alpha value is -3.39. The molecule has 0 heterocycles. The predicted molar refractivity (Wildman–Crippen MR) is 111 cm³/mol. The van der Waals surface area contributed by atoms with Crippen molar-refractivity contribution in [1.82, 2.24) is 10.7 Å². The van der Waals surface area contributed by atoms with Gasteiger partial charge in [0.1, 0.15) is 5.75 Å². The smallest absolute Gasteiger partial charge is 0.329 e. The number of nitrogens with zero attached hydrogens (tertiary/aromatic N) is 1. The molecule has 0 aliphatic carbocycles. The molecular formula is C20H21ClN4O4. The van der Waals surface area contributed by atoms with Gasteiger partial charge in [-0.1, -0.05) is 29.8 Å². The van der Waals surface area contributed by atoms with Gasteiger partial charge in [0.15, 0.2) is 6.61 Å². The van der Waals surface area contributed by atoms with Crippen LogP contribution in [0.15, 0.2) is 47.6 Å². The van der Waals surface area contributed by atoms with E-state index in [0.29, 0.717) is 28.6 Å². The van der Waals surface area contributed by atoms with E-state index in [1.54, 1.807) is 43.3 Å². The van der Waals surface area contributed by atoms with Crippen LogP contribution in [0.4, 0.5) is 5.69 Å². The SMILES string of the molecule is CCNC(=O)C(=O)N/N=C\c1cccc(OCC(=O)Nc2ccc(C)c(Cl)c2)c1. The highest BCUT2D eigenvalue weighted by Gasteiger charge is 2.10. The second-order valence-corrected chi connectivity index (χ2v) is 6.34. The average molecular weight is 417 g/mol. The number of carbonyl (C=O) groups excluding carboxylic acids is 3. The van der Waals surface area contributed by atoms with Gasteiger partial charge in [-0.15, -0.1) is 0 Å². The summed E-state index contributed by atoms with van der Waals surface area (Å²) < 4.78 is 5.47. The lowest BCUT2D eigenvalue weighted by atomic mass is 10.2. The maximum Gasteiger partial charge on any atom is 0.329 e. The van der Waals surface area contributed by atoms with Crippen LogP contribution in [0.25, 0.3) is 0 Å². The fraction of sp³-hybridized carbons (Fsp3) is 0.200. The van der Waals surface area contributed by atoms with Gasteiger partial charge in [-0.2, -0.15) is 5.10 Å². The number of halogens is 1. The van der Waals surface area contributed by atoms with Crippen molar-refractivity contribution in [1.29, 1.82) is 0 Å². The van der Waals surface area contributed by atoms with Gasteiger partial charge in [0.2, 0.25) is 0 Å². The van der Waals surface area contributed by atoms with Crippen LogP contribution in [0.3, 0.4) is 0 Å². The summed E-state index contributed by atoms with van der Waals surface area (Å²) in [4.78, 5) is 34.8. The first-order valence-corrected chi connectivity index (χ1v) is 9.17. The summed E-state index contributed by atoms with van der Waals surface area (Å²) in [5.41, 5.74) is 4.24. The van der Waals surface area contributed by atoms with Crippen molar-refractivity contribution in [2.24, 2.45) is 5.10 Å². The molecule has 0 fully saturated rings. The molecule has 0 aliphatic heterocycles. The van der Waals surface area contributed by atoms with E-state index in [4.69, 9.17) is 16.3 Å². The van der Waals surface area contributed by atoms with E-state index in [1.165, 1.54) is 6.21 Å². The average Bonchev–Trinajstić information content (AvgIpc) is 2.69. The molecule has 3 amide bonds. The van der Waals surface area contributed by atoms with E-state index < -0.39 is 11.8 Å². The molecule has 29 heavy (non-hydrogen) atoms. The summed E-state index contributed by atoms with van der Waals surface area (Å²) >= 11 is 6.04. The van der Waals surface area contributed by atoms with Crippen molar-refractivity contribution in [3.05, 3.63) is 58.6 Å². The third kappa shape index (κ3) is 7.27. The second kappa shape index (κ2) is 10.8. The second-order valence-electron chi connectivity index (χ2n) is 5.93. The largest absolute Gasteiger partial charge is 0.484 e. The first-order chi connectivity index (χ1) is 13.9. The Kier molecular flexibility index (Phi) is 8.17. The Morgan fingerprint density at radius 1 is 1.14 bits per heavy atom. The van der Waals surface area contributed by atoms with Crippen LogP contribution in [0.1, 0.15) is 18.1 Å². The zero-order chi connectivity index (χ0) is 21.2. The van der Waals surface area contributed by atoms with Crippen LogP contribution >= 0.6 is 11.6 Å². The molecule has 0 atom stereocenters. The van der Waals surface area contributed by atoms with Gasteiger partial charge in [-0.05, 0) is 49.2 Å². The zero-order valence-electron chi connectivity index (χ0n) is 16.0.